The van der Waals surface area contributed by atoms with Gasteiger partial charge in [-0.05, 0) is 40.9 Å². The molecule has 0 aromatic heterocycles. The first-order valence-electron chi connectivity index (χ1n) is 6.09. The third-order valence-electron chi connectivity index (χ3n) is 2.93. The zero-order chi connectivity index (χ0) is 14.7. The second kappa shape index (κ2) is 6.28. The van der Waals surface area contributed by atoms with Crippen LogP contribution >= 0.6 is 15.9 Å². The number of aliphatic imine (C=N–C) groups is 1. The smallest absolute Gasteiger partial charge is 0.193 e. The van der Waals surface area contributed by atoms with Gasteiger partial charge in [-0.2, -0.15) is 0 Å². The number of aliphatic hydroxyl groups excluding tert-OH is 2. The number of rotatable bonds is 5. The summed E-state index contributed by atoms with van der Waals surface area (Å²) in [5, 5.41) is 18.8. The predicted octanol–water partition coefficient (Wildman–Crippen LogP) is 3.07. The lowest BCUT2D eigenvalue weighted by Gasteiger charge is -2.03. The van der Waals surface area contributed by atoms with Crippen LogP contribution in [0, 0.1) is 11.7 Å². The lowest BCUT2D eigenvalue weighted by atomic mass is 10.1. The summed E-state index contributed by atoms with van der Waals surface area (Å²) < 4.78 is 13.7. The molecule has 1 aliphatic carbocycles. The number of benzene rings is 1. The van der Waals surface area contributed by atoms with Crippen LogP contribution < -0.4 is 0 Å². The number of ketones is 1. The molecule has 20 heavy (non-hydrogen) atoms. The van der Waals surface area contributed by atoms with Crippen LogP contribution in [0.25, 0.3) is 0 Å². The van der Waals surface area contributed by atoms with E-state index < -0.39 is 18.2 Å². The van der Waals surface area contributed by atoms with Gasteiger partial charge >= 0.3 is 0 Å². The van der Waals surface area contributed by atoms with E-state index >= 15 is 0 Å². The zero-order valence-corrected chi connectivity index (χ0v) is 12.1. The number of hydrogen-bond donors (Lipinski definition) is 2. The third kappa shape index (κ3) is 3.52. The van der Waals surface area contributed by atoms with Gasteiger partial charge in [0.2, 0.25) is 0 Å². The lowest BCUT2D eigenvalue weighted by Crippen LogP contribution is -2.12. The van der Waals surface area contributed by atoms with Gasteiger partial charge in [-0.25, -0.2) is 4.39 Å². The van der Waals surface area contributed by atoms with Crippen LogP contribution in [0.2, 0.25) is 0 Å². The van der Waals surface area contributed by atoms with Gasteiger partial charge in [0.1, 0.15) is 18.2 Å². The molecule has 0 radical (unpaired) electrons. The topological polar surface area (TPSA) is 69.9 Å². The highest BCUT2D eigenvalue weighted by Crippen LogP contribution is 2.36. The van der Waals surface area contributed by atoms with Crippen LogP contribution in [-0.2, 0) is 4.79 Å². The Morgan fingerprint density at radius 3 is 2.75 bits per heavy atom. The molecule has 0 bridgehead atoms. The molecule has 2 N–H and O–H groups in total. The summed E-state index contributed by atoms with van der Waals surface area (Å²) in [7, 11) is 0. The van der Waals surface area contributed by atoms with E-state index in [0.29, 0.717) is 10.2 Å². The van der Waals surface area contributed by atoms with Crippen LogP contribution in [0.4, 0.5) is 10.1 Å². The number of aliphatic hydroxyl groups is 2. The Kier molecular flexibility index (Phi) is 4.67. The highest BCUT2D eigenvalue weighted by Gasteiger charge is 2.29. The highest BCUT2D eigenvalue weighted by molar-refractivity contribution is 9.10. The number of carbonyl (C=O) groups excluding carboxylic acids is 1. The number of hydrogen-bond acceptors (Lipinski definition) is 4. The first-order valence-corrected chi connectivity index (χ1v) is 6.88. The Labute approximate surface area is 123 Å². The van der Waals surface area contributed by atoms with E-state index in [9.17, 15) is 14.3 Å². The predicted molar refractivity (Wildman–Crippen MR) is 76.7 cm³/mol. The molecule has 0 heterocycles. The van der Waals surface area contributed by atoms with Gasteiger partial charge in [0.05, 0.1) is 15.7 Å². The molecule has 2 rings (SSSR count). The number of Topliss-reactive ketones (excluding diaryl/α,β-unsaturated/α-hetero) is 1. The van der Waals surface area contributed by atoms with E-state index in [2.05, 4.69) is 20.9 Å². The molecule has 1 aliphatic rings. The van der Waals surface area contributed by atoms with E-state index in [0.717, 1.165) is 12.8 Å². The Hall–Kier alpha value is -1.53. The van der Waals surface area contributed by atoms with Crippen molar-refractivity contribution in [1.82, 2.24) is 0 Å². The number of carbonyl (C=O) groups is 1. The fourth-order valence-corrected chi connectivity index (χ4v) is 1.89. The monoisotopic (exact) mass is 341 g/mol. The van der Waals surface area contributed by atoms with Crippen molar-refractivity contribution >= 4 is 33.6 Å². The molecule has 1 saturated carbocycles. The summed E-state index contributed by atoms with van der Waals surface area (Å²) in [6, 6.07) is 4.27. The van der Waals surface area contributed by atoms with Crippen molar-refractivity contribution in [3.63, 3.8) is 0 Å². The van der Waals surface area contributed by atoms with Crippen LogP contribution in [0.5, 0.6) is 0 Å². The maximum Gasteiger partial charge on any atom is 0.193 e. The number of nitrogens with zero attached hydrogens (tertiary/aromatic N) is 1. The normalized spacial score (nSPS) is 16.4. The summed E-state index contributed by atoms with van der Waals surface area (Å²) >= 11 is 3.03. The Morgan fingerprint density at radius 1 is 1.50 bits per heavy atom. The Bertz CT molecular complexity index is 594. The van der Waals surface area contributed by atoms with Gasteiger partial charge in [-0.3, -0.25) is 9.79 Å². The van der Waals surface area contributed by atoms with Crippen molar-refractivity contribution in [2.24, 2.45) is 10.9 Å². The Morgan fingerprint density at radius 2 is 2.20 bits per heavy atom. The van der Waals surface area contributed by atoms with Crippen molar-refractivity contribution in [2.45, 2.75) is 12.8 Å². The van der Waals surface area contributed by atoms with E-state index in [1.54, 1.807) is 6.07 Å². The van der Waals surface area contributed by atoms with Gasteiger partial charge in [-0.15, -0.1) is 0 Å². The molecule has 0 unspecified atom stereocenters. The van der Waals surface area contributed by atoms with E-state index in [1.165, 1.54) is 18.3 Å². The lowest BCUT2D eigenvalue weighted by molar-refractivity contribution is -0.117. The quantitative estimate of drug-likeness (QED) is 0.491. The molecular weight excluding hydrogens is 329 g/mol. The molecule has 0 aliphatic heterocycles. The van der Waals surface area contributed by atoms with Crippen molar-refractivity contribution in [2.75, 3.05) is 6.61 Å². The maximum atomic E-state index is 13.3. The average molecular weight is 342 g/mol. The molecule has 0 saturated heterocycles. The summed E-state index contributed by atoms with van der Waals surface area (Å²) in [4.78, 5) is 15.6. The molecule has 0 spiro atoms. The first kappa shape index (κ1) is 14.9. The SMILES string of the molecule is O=C(CO)C(C=Nc1ccc(Br)c(F)c1)=C(O)C1CC1. The molecular formula is C14H13BrFNO3. The van der Waals surface area contributed by atoms with Crippen LogP contribution in [0.15, 0.2) is 39.0 Å². The molecule has 6 heteroatoms. The average Bonchev–Trinajstić information content (AvgIpc) is 3.26. The second-order valence-corrected chi connectivity index (χ2v) is 5.37. The molecule has 0 atom stereocenters. The molecule has 1 fully saturated rings. The molecule has 106 valence electrons. The summed E-state index contributed by atoms with van der Waals surface area (Å²) in [5.74, 6) is -1.15. The first-order chi connectivity index (χ1) is 9.52. The van der Waals surface area contributed by atoms with E-state index in [4.69, 9.17) is 5.11 Å². The summed E-state index contributed by atoms with van der Waals surface area (Å²) in [6.45, 7) is -0.702. The molecule has 4 nitrogen and oxygen atoms in total. The van der Waals surface area contributed by atoms with Crippen molar-refractivity contribution < 1.29 is 19.4 Å². The van der Waals surface area contributed by atoms with Gasteiger partial charge in [0.25, 0.3) is 0 Å². The van der Waals surface area contributed by atoms with Crippen LogP contribution in [0.1, 0.15) is 12.8 Å². The van der Waals surface area contributed by atoms with Gasteiger partial charge < -0.3 is 10.2 Å². The van der Waals surface area contributed by atoms with Crippen LogP contribution in [-0.4, -0.2) is 28.8 Å². The summed E-state index contributed by atoms with van der Waals surface area (Å²) in [5.41, 5.74) is 0.302. The summed E-state index contributed by atoms with van der Waals surface area (Å²) in [6.07, 6.45) is 2.80. The minimum absolute atomic E-state index is 0.0154. The fourth-order valence-electron chi connectivity index (χ4n) is 1.65. The van der Waals surface area contributed by atoms with Crippen molar-refractivity contribution in [1.29, 1.82) is 0 Å². The third-order valence-corrected chi connectivity index (χ3v) is 3.57. The highest BCUT2D eigenvalue weighted by atomic mass is 79.9. The standard InChI is InChI=1S/C14H13BrFNO3/c15-11-4-3-9(5-12(11)16)17-6-10(13(19)7-18)14(20)8-1-2-8/h3-6,8,18,20H,1-2,7H2. The fraction of sp³-hybridized carbons (Fsp3) is 0.286. The molecule has 1 aromatic rings. The molecule has 0 amide bonds. The Balaban J connectivity index is 2.27. The van der Waals surface area contributed by atoms with Crippen molar-refractivity contribution in [3.05, 3.63) is 39.8 Å². The second-order valence-electron chi connectivity index (χ2n) is 4.51. The largest absolute Gasteiger partial charge is 0.511 e. The van der Waals surface area contributed by atoms with Gasteiger partial charge in [-0.1, -0.05) is 0 Å². The van der Waals surface area contributed by atoms with E-state index in [-0.39, 0.29) is 17.3 Å². The minimum atomic E-state index is -0.702. The van der Waals surface area contributed by atoms with Gasteiger partial charge in [0.15, 0.2) is 5.78 Å². The number of allylic oxidation sites excluding steroid dienone is 1. The number of halogens is 2. The maximum absolute atomic E-state index is 13.3. The molecule has 1 aromatic carbocycles. The van der Waals surface area contributed by atoms with Crippen LogP contribution in [0.3, 0.4) is 0 Å². The van der Waals surface area contributed by atoms with Gasteiger partial charge in [0, 0.05) is 18.2 Å². The minimum Gasteiger partial charge on any atom is -0.511 e. The van der Waals surface area contributed by atoms with Crippen molar-refractivity contribution in [3.8, 4) is 0 Å². The van der Waals surface area contributed by atoms with E-state index in [1.807, 2.05) is 0 Å². The zero-order valence-electron chi connectivity index (χ0n) is 10.5.